The molecule has 0 amide bonds. The standard InChI is InChI=1S/C13H16N2O/c1-2-10-16-13-6-4-12(5-7-13)11-15-9-3-8-14/h2,4-7,15H,1,3,9-11H2. The molecule has 0 fully saturated rings. The summed E-state index contributed by atoms with van der Waals surface area (Å²) in [5.41, 5.74) is 1.18. The van der Waals surface area contributed by atoms with Gasteiger partial charge in [-0.15, -0.1) is 0 Å². The minimum absolute atomic E-state index is 0.528. The zero-order valence-corrected chi connectivity index (χ0v) is 9.28. The average molecular weight is 216 g/mol. The number of hydrogen-bond donors (Lipinski definition) is 1. The van der Waals surface area contributed by atoms with E-state index in [4.69, 9.17) is 10.00 Å². The quantitative estimate of drug-likeness (QED) is 0.561. The van der Waals surface area contributed by atoms with Gasteiger partial charge >= 0.3 is 0 Å². The lowest BCUT2D eigenvalue weighted by atomic mass is 10.2. The second-order valence-corrected chi connectivity index (χ2v) is 3.33. The summed E-state index contributed by atoms with van der Waals surface area (Å²) in [6.07, 6.45) is 2.26. The van der Waals surface area contributed by atoms with E-state index >= 15 is 0 Å². The van der Waals surface area contributed by atoms with E-state index in [-0.39, 0.29) is 0 Å². The van der Waals surface area contributed by atoms with Gasteiger partial charge in [0.25, 0.3) is 0 Å². The fraction of sp³-hybridized carbons (Fsp3) is 0.308. The van der Waals surface area contributed by atoms with Gasteiger partial charge in [0.1, 0.15) is 12.4 Å². The maximum Gasteiger partial charge on any atom is 0.119 e. The maximum absolute atomic E-state index is 8.37. The molecule has 1 aromatic rings. The Morgan fingerprint density at radius 3 is 2.75 bits per heavy atom. The molecule has 0 saturated heterocycles. The van der Waals surface area contributed by atoms with Crippen LogP contribution >= 0.6 is 0 Å². The number of nitrogens with zero attached hydrogens (tertiary/aromatic N) is 1. The molecule has 3 heteroatoms. The molecule has 0 heterocycles. The van der Waals surface area contributed by atoms with Gasteiger partial charge in [0, 0.05) is 19.5 Å². The van der Waals surface area contributed by atoms with Crippen LogP contribution in [0.15, 0.2) is 36.9 Å². The zero-order valence-electron chi connectivity index (χ0n) is 9.28. The van der Waals surface area contributed by atoms with E-state index in [0.717, 1.165) is 18.8 Å². The normalized spacial score (nSPS) is 9.44. The van der Waals surface area contributed by atoms with Crippen molar-refractivity contribution in [2.45, 2.75) is 13.0 Å². The molecule has 0 spiro atoms. The maximum atomic E-state index is 8.37. The third-order valence-electron chi connectivity index (χ3n) is 2.03. The van der Waals surface area contributed by atoms with Crippen LogP contribution in [0.5, 0.6) is 5.75 Å². The summed E-state index contributed by atoms with van der Waals surface area (Å²) in [4.78, 5) is 0. The third-order valence-corrected chi connectivity index (χ3v) is 2.03. The van der Waals surface area contributed by atoms with Crippen molar-refractivity contribution >= 4 is 0 Å². The van der Waals surface area contributed by atoms with Crippen molar-refractivity contribution in [1.29, 1.82) is 5.26 Å². The molecule has 1 N–H and O–H groups in total. The largest absolute Gasteiger partial charge is 0.490 e. The van der Waals surface area contributed by atoms with E-state index in [9.17, 15) is 0 Å². The highest BCUT2D eigenvalue weighted by Gasteiger charge is 1.94. The number of ether oxygens (including phenoxy) is 1. The van der Waals surface area contributed by atoms with Gasteiger partial charge in [0.05, 0.1) is 6.07 Å². The topological polar surface area (TPSA) is 45.0 Å². The molecular weight excluding hydrogens is 200 g/mol. The highest BCUT2D eigenvalue weighted by Crippen LogP contribution is 2.11. The summed E-state index contributed by atoms with van der Waals surface area (Å²) in [6, 6.07) is 9.99. The van der Waals surface area contributed by atoms with Crippen LogP contribution in [0.1, 0.15) is 12.0 Å². The van der Waals surface area contributed by atoms with Crippen LogP contribution in [-0.4, -0.2) is 13.2 Å². The number of nitrogens with one attached hydrogen (secondary N) is 1. The fourth-order valence-electron chi connectivity index (χ4n) is 1.24. The van der Waals surface area contributed by atoms with Crippen molar-refractivity contribution in [3.05, 3.63) is 42.5 Å². The molecule has 0 aromatic heterocycles. The molecule has 0 aliphatic rings. The van der Waals surface area contributed by atoms with Crippen molar-refractivity contribution in [2.24, 2.45) is 0 Å². The molecule has 1 aromatic carbocycles. The zero-order chi connectivity index (χ0) is 11.6. The minimum atomic E-state index is 0.528. The van der Waals surface area contributed by atoms with Crippen molar-refractivity contribution in [2.75, 3.05) is 13.2 Å². The summed E-state index contributed by atoms with van der Waals surface area (Å²) >= 11 is 0. The highest BCUT2D eigenvalue weighted by molar-refractivity contribution is 5.27. The molecule has 0 aliphatic carbocycles. The summed E-state index contributed by atoms with van der Waals surface area (Å²) < 4.78 is 5.37. The smallest absolute Gasteiger partial charge is 0.119 e. The van der Waals surface area contributed by atoms with E-state index in [0.29, 0.717) is 13.0 Å². The van der Waals surface area contributed by atoms with Crippen LogP contribution in [0.4, 0.5) is 0 Å². The average Bonchev–Trinajstić information content (AvgIpc) is 2.33. The van der Waals surface area contributed by atoms with Crippen LogP contribution in [0, 0.1) is 11.3 Å². The summed E-state index contributed by atoms with van der Waals surface area (Å²) in [5.74, 6) is 0.848. The van der Waals surface area contributed by atoms with Crippen molar-refractivity contribution in [1.82, 2.24) is 5.32 Å². The molecule has 0 atom stereocenters. The Labute approximate surface area is 96.4 Å². The molecular formula is C13H16N2O. The molecule has 0 unspecified atom stereocenters. The van der Waals surface area contributed by atoms with Gasteiger partial charge in [-0.2, -0.15) is 5.26 Å². The summed E-state index contributed by atoms with van der Waals surface area (Å²) in [6.45, 7) is 5.63. The summed E-state index contributed by atoms with van der Waals surface area (Å²) in [5, 5.41) is 11.6. The molecule has 3 nitrogen and oxygen atoms in total. The SMILES string of the molecule is C=CCOc1ccc(CNCCC#N)cc1. The van der Waals surface area contributed by atoms with Crippen LogP contribution in [0.25, 0.3) is 0 Å². The van der Waals surface area contributed by atoms with Gasteiger partial charge in [0.15, 0.2) is 0 Å². The van der Waals surface area contributed by atoms with E-state index in [1.807, 2.05) is 24.3 Å². The number of nitriles is 1. The Kier molecular flexibility index (Phi) is 5.75. The highest BCUT2D eigenvalue weighted by atomic mass is 16.5. The first-order valence-corrected chi connectivity index (χ1v) is 5.27. The van der Waals surface area contributed by atoms with Crippen LogP contribution < -0.4 is 10.1 Å². The molecule has 84 valence electrons. The van der Waals surface area contributed by atoms with E-state index < -0.39 is 0 Å². The van der Waals surface area contributed by atoms with Gasteiger partial charge in [-0.3, -0.25) is 0 Å². The number of hydrogen-bond acceptors (Lipinski definition) is 3. The lowest BCUT2D eigenvalue weighted by molar-refractivity contribution is 0.363. The first kappa shape index (κ1) is 12.3. The minimum Gasteiger partial charge on any atom is -0.490 e. The predicted octanol–water partition coefficient (Wildman–Crippen LogP) is 2.25. The van der Waals surface area contributed by atoms with Crippen molar-refractivity contribution < 1.29 is 4.74 Å². The predicted molar refractivity (Wildman–Crippen MR) is 64.1 cm³/mol. The monoisotopic (exact) mass is 216 g/mol. The van der Waals surface area contributed by atoms with Crippen molar-refractivity contribution in [3.63, 3.8) is 0 Å². The first-order chi connectivity index (χ1) is 7.86. The van der Waals surface area contributed by atoms with E-state index in [1.54, 1.807) is 6.08 Å². The van der Waals surface area contributed by atoms with E-state index in [1.165, 1.54) is 5.56 Å². The van der Waals surface area contributed by atoms with Crippen LogP contribution in [0.2, 0.25) is 0 Å². The van der Waals surface area contributed by atoms with Gasteiger partial charge in [-0.1, -0.05) is 24.8 Å². The number of rotatable bonds is 7. The molecule has 0 saturated carbocycles. The van der Waals surface area contributed by atoms with Crippen molar-refractivity contribution in [3.8, 4) is 11.8 Å². The molecule has 16 heavy (non-hydrogen) atoms. The molecule has 1 rings (SSSR count). The second-order valence-electron chi connectivity index (χ2n) is 3.33. The lowest BCUT2D eigenvalue weighted by Crippen LogP contribution is -2.13. The van der Waals surface area contributed by atoms with E-state index in [2.05, 4.69) is 18.0 Å². The Bertz CT molecular complexity index is 351. The summed E-state index contributed by atoms with van der Waals surface area (Å²) in [7, 11) is 0. The van der Waals surface area contributed by atoms with Gasteiger partial charge < -0.3 is 10.1 Å². The Morgan fingerprint density at radius 1 is 1.38 bits per heavy atom. The first-order valence-electron chi connectivity index (χ1n) is 5.27. The van der Waals surface area contributed by atoms with Crippen LogP contribution in [0.3, 0.4) is 0 Å². The third kappa shape index (κ3) is 4.63. The van der Waals surface area contributed by atoms with Gasteiger partial charge in [0.2, 0.25) is 0 Å². The second kappa shape index (κ2) is 7.49. The molecule has 0 radical (unpaired) electrons. The fourth-order valence-corrected chi connectivity index (χ4v) is 1.24. The Morgan fingerprint density at radius 2 is 2.12 bits per heavy atom. The Hall–Kier alpha value is -1.79. The Balaban J connectivity index is 2.33. The van der Waals surface area contributed by atoms with Gasteiger partial charge in [-0.05, 0) is 17.7 Å². The molecule has 0 aliphatic heterocycles. The lowest BCUT2D eigenvalue weighted by Gasteiger charge is -2.05. The van der Waals surface area contributed by atoms with Crippen LogP contribution in [-0.2, 0) is 6.54 Å². The van der Waals surface area contributed by atoms with Gasteiger partial charge in [-0.25, -0.2) is 0 Å². The number of benzene rings is 1. The molecule has 0 bridgehead atoms.